The van der Waals surface area contributed by atoms with Gasteiger partial charge >= 0.3 is 0 Å². The second-order valence-electron chi connectivity index (χ2n) is 5.32. The van der Waals surface area contributed by atoms with Crippen LogP contribution in [0.25, 0.3) is 0 Å². The lowest BCUT2D eigenvalue weighted by Crippen LogP contribution is -2.21. The van der Waals surface area contributed by atoms with Crippen LogP contribution >= 0.6 is 0 Å². The van der Waals surface area contributed by atoms with Gasteiger partial charge in [0.15, 0.2) is 0 Å². The first-order valence-electron chi connectivity index (χ1n) is 5.85. The Morgan fingerprint density at radius 2 is 2.06 bits per heavy atom. The minimum Gasteiger partial charge on any atom is -0.399 e. The molecule has 1 aromatic rings. The number of rotatable bonds is 4. The lowest BCUT2D eigenvalue weighted by atomic mass is 9.76. The summed E-state index contributed by atoms with van der Waals surface area (Å²) in [7, 11) is 0. The van der Waals surface area contributed by atoms with E-state index in [1.54, 1.807) is 0 Å². The molecule has 0 fully saturated rings. The van der Waals surface area contributed by atoms with Gasteiger partial charge in [0.2, 0.25) is 0 Å². The first-order valence-corrected chi connectivity index (χ1v) is 5.85. The summed E-state index contributed by atoms with van der Waals surface area (Å²) in [6.45, 7) is 12.8. The van der Waals surface area contributed by atoms with Crippen LogP contribution in [-0.2, 0) is 6.42 Å². The normalized spacial score (nSPS) is 13.5. The van der Waals surface area contributed by atoms with Gasteiger partial charge in [0.1, 0.15) is 0 Å². The number of nitrogen functional groups attached to an aromatic ring is 1. The topological polar surface area (TPSA) is 26.0 Å². The van der Waals surface area contributed by atoms with E-state index in [0.29, 0.717) is 5.92 Å². The van der Waals surface area contributed by atoms with Crippen LogP contribution in [0, 0.1) is 18.3 Å². The standard InChI is InChI=1S/C15H23N/c1-6-15(4,5)12(3)10-13-7-8-14(16)9-11(13)2/h6-9,12H,1,10,16H2,2-5H3/t12-/m1/s1. The van der Waals surface area contributed by atoms with E-state index in [1.807, 2.05) is 18.2 Å². The van der Waals surface area contributed by atoms with E-state index < -0.39 is 0 Å². The molecule has 2 N–H and O–H groups in total. The van der Waals surface area contributed by atoms with Crippen molar-refractivity contribution >= 4 is 5.69 Å². The molecule has 0 aliphatic rings. The maximum Gasteiger partial charge on any atom is 0.0316 e. The third-order valence-corrected chi connectivity index (χ3v) is 3.69. The fourth-order valence-corrected chi connectivity index (χ4v) is 1.74. The third kappa shape index (κ3) is 2.88. The lowest BCUT2D eigenvalue weighted by molar-refractivity contribution is 0.306. The Hall–Kier alpha value is -1.24. The highest BCUT2D eigenvalue weighted by Gasteiger charge is 2.22. The van der Waals surface area contributed by atoms with Gasteiger partial charge in [0.25, 0.3) is 0 Å². The molecule has 0 radical (unpaired) electrons. The molecule has 1 atom stereocenters. The van der Waals surface area contributed by atoms with Gasteiger partial charge in [-0.3, -0.25) is 0 Å². The van der Waals surface area contributed by atoms with Crippen molar-refractivity contribution < 1.29 is 0 Å². The maximum atomic E-state index is 5.75. The predicted octanol–water partition coefficient (Wildman–Crippen LogP) is 3.97. The Morgan fingerprint density at radius 3 is 2.56 bits per heavy atom. The number of aryl methyl sites for hydroxylation is 1. The van der Waals surface area contributed by atoms with E-state index in [4.69, 9.17) is 5.73 Å². The van der Waals surface area contributed by atoms with Crippen LogP contribution in [0.15, 0.2) is 30.9 Å². The van der Waals surface area contributed by atoms with Gasteiger partial charge in [-0.1, -0.05) is 32.9 Å². The van der Waals surface area contributed by atoms with Crippen LogP contribution in [0.2, 0.25) is 0 Å². The van der Waals surface area contributed by atoms with Gasteiger partial charge in [-0.15, -0.1) is 6.58 Å². The Bertz CT molecular complexity index is 377. The summed E-state index contributed by atoms with van der Waals surface area (Å²) in [6.07, 6.45) is 3.12. The van der Waals surface area contributed by atoms with Gasteiger partial charge in [0, 0.05) is 5.69 Å². The molecule has 1 rings (SSSR count). The molecule has 0 unspecified atom stereocenters. The van der Waals surface area contributed by atoms with E-state index in [9.17, 15) is 0 Å². The van der Waals surface area contributed by atoms with Crippen molar-refractivity contribution in [3.63, 3.8) is 0 Å². The molecule has 0 spiro atoms. The number of benzene rings is 1. The number of nitrogens with two attached hydrogens (primary N) is 1. The van der Waals surface area contributed by atoms with E-state index in [0.717, 1.165) is 12.1 Å². The van der Waals surface area contributed by atoms with E-state index in [-0.39, 0.29) is 5.41 Å². The second kappa shape index (κ2) is 4.73. The van der Waals surface area contributed by atoms with Crippen molar-refractivity contribution in [2.75, 3.05) is 5.73 Å². The van der Waals surface area contributed by atoms with Gasteiger partial charge < -0.3 is 5.73 Å². The Kier molecular flexibility index (Phi) is 3.79. The Labute approximate surface area is 99.4 Å². The average molecular weight is 217 g/mol. The molecule has 1 nitrogen and oxygen atoms in total. The minimum atomic E-state index is 0.174. The van der Waals surface area contributed by atoms with E-state index in [1.165, 1.54) is 11.1 Å². The van der Waals surface area contributed by atoms with Crippen molar-refractivity contribution in [3.05, 3.63) is 42.0 Å². The molecule has 1 heteroatoms. The number of hydrogen-bond acceptors (Lipinski definition) is 1. The molecular weight excluding hydrogens is 194 g/mol. The molecule has 16 heavy (non-hydrogen) atoms. The molecule has 0 aromatic heterocycles. The molecule has 88 valence electrons. The summed E-state index contributed by atoms with van der Waals surface area (Å²) in [6, 6.07) is 6.17. The van der Waals surface area contributed by atoms with Crippen molar-refractivity contribution in [2.24, 2.45) is 11.3 Å². The quantitative estimate of drug-likeness (QED) is 0.599. The van der Waals surface area contributed by atoms with Crippen molar-refractivity contribution in [1.29, 1.82) is 0 Å². The zero-order chi connectivity index (χ0) is 12.3. The largest absolute Gasteiger partial charge is 0.399 e. The SMILES string of the molecule is C=CC(C)(C)[C@H](C)Cc1ccc(N)cc1C. The first-order chi connectivity index (χ1) is 7.36. The number of hydrogen-bond donors (Lipinski definition) is 1. The summed E-state index contributed by atoms with van der Waals surface area (Å²) in [5.74, 6) is 0.576. The highest BCUT2D eigenvalue weighted by atomic mass is 14.5. The molecule has 0 saturated heterocycles. The Balaban J connectivity index is 2.85. The molecule has 0 aliphatic heterocycles. The van der Waals surface area contributed by atoms with Gasteiger partial charge in [0.05, 0.1) is 0 Å². The summed E-state index contributed by atoms with van der Waals surface area (Å²) >= 11 is 0. The van der Waals surface area contributed by atoms with Crippen molar-refractivity contribution in [3.8, 4) is 0 Å². The van der Waals surface area contributed by atoms with Crippen molar-refractivity contribution in [1.82, 2.24) is 0 Å². The van der Waals surface area contributed by atoms with Crippen LogP contribution in [0.5, 0.6) is 0 Å². The molecule has 0 aliphatic carbocycles. The monoisotopic (exact) mass is 217 g/mol. The minimum absolute atomic E-state index is 0.174. The predicted molar refractivity (Wildman–Crippen MR) is 72.4 cm³/mol. The van der Waals surface area contributed by atoms with Crippen LogP contribution in [0.4, 0.5) is 5.69 Å². The van der Waals surface area contributed by atoms with Gasteiger partial charge in [-0.2, -0.15) is 0 Å². The van der Waals surface area contributed by atoms with E-state index in [2.05, 4.69) is 40.3 Å². The van der Waals surface area contributed by atoms with Crippen LogP contribution < -0.4 is 5.73 Å². The fraction of sp³-hybridized carbons (Fsp3) is 0.467. The molecule has 1 aromatic carbocycles. The van der Waals surface area contributed by atoms with Gasteiger partial charge in [-0.25, -0.2) is 0 Å². The first kappa shape index (κ1) is 12.8. The molecule has 0 heterocycles. The van der Waals surface area contributed by atoms with Crippen LogP contribution in [0.3, 0.4) is 0 Å². The maximum absolute atomic E-state index is 5.75. The summed E-state index contributed by atoms with van der Waals surface area (Å²) in [5.41, 5.74) is 9.44. The molecular formula is C15H23N. The number of allylic oxidation sites excluding steroid dienone is 1. The lowest BCUT2D eigenvalue weighted by Gasteiger charge is -2.28. The summed E-state index contributed by atoms with van der Waals surface area (Å²) in [5, 5.41) is 0. The van der Waals surface area contributed by atoms with Gasteiger partial charge in [-0.05, 0) is 47.9 Å². The zero-order valence-corrected chi connectivity index (χ0v) is 10.9. The molecule has 0 bridgehead atoms. The summed E-state index contributed by atoms with van der Waals surface area (Å²) < 4.78 is 0. The molecule has 0 amide bonds. The number of anilines is 1. The highest BCUT2D eigenvalue weighted by molar-refractivity contribution is 5.44. The zero-order valence-electron chi connectivity index (χ0n) is 10.9. The second-order valence-corrected chi connectivity index (χ2v) is 5.32. The van der Waals surface area contributed by atoms with Crippen LogP contribution in [-0.4, -0.2) is 0 Å². The van der Waals surface area contributed by atoms with Crippen LogP contribution in [0.1, 0.15) is 31.9 Å². The average Bonchev–Trinajstić information content (AvgIpc) is 2.22. The Morgan fingerprint density at radius 1 is 1.44 bits per heavy atom. The molecule has 0 saturated carbocycles. The smallest absolute Gasteiger partial charge is 0.0316 e. The van der Waals surface area contributed by atoms with Crippen molar-refractivity contribution in [2.45, 2.75) is 34.1 Å². The summed E-state index contributed by atoms with van der Waals surface area (Å²) in [4.78, 5) is 0. The van der Waals surface area contributed by atoms with E-state index >= 15 is 0 Å². The fourth-order valence-electron chi connectivity index (χ4n) is 1.74. The third-order valence-electron chi connectivity index (χ3n) is 3.69. The highest BCUT2D eigenvalue weighted by Crippen LogP contribution is 2.31.